The third-order valence-corrected chi connectivity index (χ3v) is 5.93. The number of primary amides is 1. The predicted octanol–water partition coefficient (Wildman–Crippen LogP) is 1.37. The fourth-order valence-electron chi connectivity index (χ4n) is 4.36. The van der Waals surface area contributed by atoms with E-state index in [0.717, 1.165) is 32.6 Å². The number of hydrogen-bond donors (Lipinski definition) is 1. The minimum Gasteiger partial charge on any atom is -0.369 e. The normalized spacial score (nSPS) is 28.4. The Hall–Kier alpha value is -1.88. The maximum atomic E-state index is 12.9. The third-order valence-electron chi connectivity index (χ3n) is 5.93. The molecule has 3 saturated heterocycles. The van der Waals surface area contributed by atoms with Crippen LogP contribution in [-0.4, -0.2) is 47.3 Å². The molecule has 3 heterocycles. The monoisotopic (exact) mass is 327 g/mol. The first-order chi connectivity index (χ1) is 11.6. The van der Waals surface area contributed by atoms with Crippen LogP contribution in [0.5, 0.6) is 0 Å². The van der Waals surface area contributed by atoms with E-state index < -0.39 is 11.3 Å². The van der Waals surface area contributed by atoms with Crippen LogP contribution in [0.25, 0.3) is 0 Å². The SMILES string of the molecule is NC(=O)C1(C(=O)N2C[C@H]3CC[C@@H]2CN(Cc2ccccc2)C3)CC1. The first-order valence-corrected chi connectivity index (χ1v) is 8.96. The second-order valence-corrected chi connectivity index (χ2v) is 7.68. The van der Waals surface area contributed by atoms with Gasteiger partial charge in [-0.3, -0.25) is 14.5 Å². The minimum atomic E-state index is -0.880. The number of carbonyl (C=O) groups is 2. The molecular formula is C19H25N3O2. The van der Waals surface area contributed by atoms with Crippen LogP contribution >= 0.6 is 0 Å². The lowest BCUT2D eigenvalue weighted by atomic mass is 9.92. The lowest BCUT2D eigenvalue weighted by Gasteiger charge is -2.38. The van der Waals surface area contributed by atoms with Crippen molar-refractivity contribution in [2.24, 2.45) is 17.1 Å². The Morgan fingerprint density at radius 2 is 1.83 bits per heavy atom. The van der Waals surface area contributed by atoms with Crippen LogP contribution in [0.2, 0.25) is 0 Å². The maximum Gasteiger partial charge on any atom is 0.238 e. The Labute approximate surface area is 142 Å². The Morgan fingerprint density at radius 1 is 1.08 bits per heavy atom. The van der Waals surface area contributed by atoms with Gasteiger partial charge in [-0.05, 0) is 37.2 Å². The number of nitrogens with two attached hydrogens (primary N) is 1. The largest absolute Gasteiger partial charge is 0.369 e. The van der Waals surface area contributed by atoms with Crippen LogP contribution in [0.3, 0.4) is 0 Å². The highest BCUT2D eigenvalue weighted by molar-refractivity contribution is 6.07. The second kappa shape index (κ2) is 5.88. The molecule has 2 atom stereocenters. The fourth-order valence-corrected chi connectivity index (χ4v) is 4.36. The average molecular weight is 327 g/mol. The molecule has 0 aromatic heterocycles. The van der Waals surface area contributed by atoms with E-state index in [4.69, 9.17) is 5.73 Å². The van der Waals surface area contributed by atoms with Crippen molar-refractivity contribution in [1.82, 2.24) is 9.80 Å². The molecule has 2 amide bonds. The first-order valence-electron chi connectivity index (χ1n) is 8.96. The van der Waals surface area contributed by atoms with Crippen LogP contribution in [0.4, 0.5) is 0 Å². The molecule has 0 radical (unpaired) electrons. The zero-order chi connectivity index (χ0) is 16.7. The van der Waals surface area contributed by atoms with E-state index in [-0.39, 0.29) is 11.9 Å². The molecule has 4 fully saturated rings. The van der Waals surface area contributed by atoms with Gasteiger partial charge in [-0.25, -0.2) is 0 Å². The van der Waals surface area contributed by atoms with Crippen molar-refractivity contribution >= 4 is 11.8 Å². The van der Waals surface area contributed by atoms with E-state index in [2.05, 4.69) is 29.2 Å². The smallest absolute Gasteiger partial charge is 0.238 e. The van der Waals surface area contributed by atoms with Crippen molar-refractivity contribution in [3.8, 4) is 0 Å². The van der Waals surface area contributed by atoms with Crippen molar-refractivity contribution in [2.75, 3.05) is 19.6 Å². The summed E-state index contributed by atoms with van der Waals surface area (Å²) in [5.41, 5.74) is 5.94. The van der Waals surface area contributed by atoms with E-state index in [0.29, 0.717) is 18.8 Å². The maximum absolute atomic E-state index is 12.9. The molecule has 1 aromatic carbocycles. The quantitative estimate of drug-likeness (QED) is 0.850. The van der Waals surface area contributed by atoms with Crippen molar-refractivity contribution in [3.05, 3.63) is 35.9 Å². The Bertz CT molecular complexity index is 641. The zero-order valence-corrected chi connectivity index (χ0v) is 14.0. The zero-order valence-electron chi connectivity index (χ0n) is 14.0. The van der Waals surface area contributed by atoms with Gasteiger partial charge >= 0.3 is 0 Å². The lowest BCUT2D eigenvalue weighted by Crippen LogP contribution is -2.52. The molecule has 0 unspecified atom stereocenters. The Morgan fingerprint density at radius 3 is 2.50 bits per heavy atom. The van der Waals surface area contributed by atoms with Gasteiger partial charge in [-0.15, -0.1) is 0 Å². The van der Waals surface area contributed by atoms with Crippen molar-refractivity contribution in [1.29, 1.82) is 0 Å². The summed E-state index contributed by atoms with van der Waals surface area (Å²) in [4.78, 5) is 29.1. The van der Waals surface area contributed by atoms with Gasteiger partial charge in [0, 0.05) is 32.2 Å². The first kappa shape index (κ1) is 15.6. The molecule has 3 aliphatic heterocycles. The number of hydrogen-bond acceptors (Lipinski definition) is 3. The summed E-state index contributed by atoms with van der Waals surface area (Å²) < 4.78 is 0. The molecular weight excluding hydrogens is 302 g/mol. The van der Waals surface area contributed by atoms with Crippen LogP contribution in [0, 0.1) is 11.3 Å². The number of carbonyl (C=O) groups excluding carboxylic acids is 2. The van der Waals surface area contributed by atoms with Gasteiger partial charge in [0.15, 0.2) is 0 Å². The molecule has 5 nitrogen and oxygen atoms in total. The molecule has 1 saturated carbocycles. The molecule has 1 aromatic rings. The molecule has 0 spiro atoms. The molecule has 5 rings (SSSR count). The molecule has 5 heteroatoms. The highest BCUT2D eigenvalue weighted by Crippen LogP contribution is 2.48. The standard InChI is InChI=1S/C19H25N3O2/c20-17(23)19(8-9-19)18(24)22-12-15-6-7-16(22)13-21(11-15)10-14-4-2-1-3-5-14/h1-5,15-16H,6-13H2,(H2,20,23)/t15-,16+/m0/s1. The highest BCUT2D eigenvalue weighted by atomic mass is 16.2. The Kier molecular flexibility index (Phi) is 3.83. The third kappa shape index (κ3) is 2.71. The molecule has 128 valence electrons. The average Bonchev–Trinajstić information content (AvgIpc) is 3.40. The number of piperidine rings is 1. The van der Waals surface area contributed by atoms with Crippen molar-refractivity contribution in [3.63, 3.8) is 0 Å². The second-order valence-electron chi connectivity index (χ2n) is 7.68. The van der Waals surface area contributed by atoms with Crippen LogP contribution < -0.4 is 5.73 Å². The van der Waals surface area contributed by atoms with Crippen molar-refractivity contribution < 1.29 is 9.59 Å². The van der Waals surface area contributed by atoms with Gasteiger partial charge in [-0.1, -0.05) is 30.3 Å². The summed E-state index contributed by atoms with van der Waals surface area (Å²) in [5.74, 6) is 0.0557. The summed E-state index contributed by atoms with van der Waals surface area (Å²) in [5, 5.41) is 0. The fraction of sp³-hybridized carbons (Fsp3) is 0.579. The number of rotatable bonds is 4. The van der Waals surface area contributed by atoms with Gasteiger partial charge in [0.05, 0.1) is 0 Å². The number of fused-ring (bicyclic) bond motifs is 4. The highest BCUT2D eigenvalue weighted by Gasteiger charge is 2.58. The summed E-state index contributed by atoms with van der Waals surface area (Å²) in [6, 6.07) is 10.7. The summed E-state index contributed by atoms with van der Waals surface area (Å²) in [7, 11) is 0. The van der Waals surface area contributed by atoms with Crippen molar-refractivity contribution in [2.45, 2.75) is 38.3 Å². The number of nitrogens with zero attached hydrogens (tertiary/aromatic N) is 2. The lowest BCUT2D eigenvalue weighted by molar-refractivity contribution is -0.146. The van der Waals surface area contributed by atoms with E-state index in [1.54, 1.807) is 0 Å². The topological polar surface area (TPSA) is 66.6 Å². The van der Waals surface area contributed by atoms with Crippen LogP contribution in [0.1, 0.15) is 31.2 Å². The molecule has 2 bridgehead atoms. The van der Waals surface area contributed by atoms with Gasteiger partial charge < -0.3 is 10.6 Å². The van der Waals surface area contributed by atoms with Crippen LogP contribution in [0.15, 0.2) is 30.3 Å². The molecule has 2 N–H and O–H groups in total. The van der Waals surface area contributed by atoms with E-state index in [1.807, 2.05) is 11.0 Å². The predicted molar refractivity (Wildman–Crippen MR) is 90.8 cm³/mol. The van der Waals surface area contributed by atoms with Gasteiger partial charge in [0.1, 0.15) is 5.41 Å². The van der Waals surface area contributed by atoms with Gasteiger partial charge in [0.25, 0.3) is 0 Å². The van der Waals surface area contributed by atoms with E-state index in [9.17, 15) is 9.59 Å². The summed E-state index contributed by atoms with van der Waals surface area (Å²) in [6.07, 6.45) is 3.46. The molecule has 1 aliphatic carbocycles. The summed E-state index contributed by atoms with van der Waals surface area (Å²) >= 11 is 0. The van der Waals surface area contributed by atoms with Gasteiger partial charge in [0.2, 0.25) is 11.8 Å². The van der Waals surface area contributed by atoms with E-state index >= 15 is 0 Å². The van der Waals surface area contributed by atoms with Gasteiger partial charge in [-0.2, -0.15) is 0 Å². The number of amides is 2. The van der Waals surface area contributed by atoms with Crippen LogP contribution in [-0.2, 0) is 16.1 Å². The number of benzene rings is 1. The Balaban J connectivity index is 1.49. The summed E-state index contributed by atoms with van der Waals surface area (Å²) in [6.45, 7) is 3.63. The van der Waals surface area contributed by atoms with E-state index in [1.165, 1.54) is 12.0 Å². The molecule has 24 heavy (non-hydrogen) atoms. The minimum absolute atomic E-state index is 0.00809. The molecule has 4 aliphatic rings.